The molecule has 5 rings (SSSR count). The third-order valence-corrected chi connectivity index (χ3v) is 6.27. The van der Waals surface area contributed by atoms with Crippen molar-refractivity contribution >= 4 is 39.1 Å². The Morgan fingerprint density at radius 1 is 1.10 bits per heavy atom. The first-order chi connectivity index (χ1) is 14.7. The van der Waals surface area contributed by atoms with Crippen LogP contribution in [-0.2, 0) is 24.2 Å². The zero-order chi connectivity index (χ0) is 20.5. The largest absolute Gasteiger partial charge is 0.459 e. The first-order valence-electron chi connectivity index (χ1n) is 9.75. The molecule has 2 aromatic carbocycles. The Labute approximate surface area is 177 Å². The molecule has 0 radical (unpaired) electrons. The summed E-state index contributed by atoms with van der Waals surface area (Å²) in [5.74, 6) is 0.0247. The molecule has 150 valence electrons. The molecule has 0 fully saturated rings. The van der Waals surface area contributed by atoms with Gasteiger partial charge < -0.3 is 9.32 Å². The highest BCUT2D eigenvalue weighted by Crippen LogP contribution is 2.29. The lowest BCUT2D eigenvalue weighted by Crippen LogP contribution is -2.36. The van der Waals surface area contributed by atoms with E-state index < -0.39 is 0 Å². The second-order valence-corrected chi connectivity index (χ2v) is 8.28. The fourth-order valence-electron chi connectivity index (χ4n) is 3.75. The molecule has 30 heavy (non-hydrogen) atoms. The van der Waals surface area contributed by atoms with Gasteiger partial charge in [-0.3, -0.25) is 14.9 Å². The fourth-order valence-corrected chi connectivity index (χ4v) is 4.77. The normalized spacial score (nSPS) is 13.3. The number of hydrogen-bond donors (Lipinski definition) is 1. The molecule has 2 aromatic heterocycles. The lowest BCUT2D eigenvalue weighted by Gasteiger charge is -2.26. The van der Waals surface area contributed by atoms with Crippen LogP contribution in [0.15, 0.2) is 65.3 Å². The molecule has 0 aliphatic carbocycles. The number of nitrogens with one attached hydrogen (secondary N) is 1. The van der Waals surface area contributed by atoms with Crippen molar-refractivity contribution in [1.29, 1.82) is 0 Å². The SMILES string of the molecule is O=C(Nc1nc2c(s1)CN(C(=O)Cc1cccc3ccccc13)CC2)c1ccco1. The van der Waals surface area contributed by atoms with Crippen molar-refractivity contribution in [3.8, 4) is 0 Å². The van der Waals surface area contributed by atoms with Crippen LogP contribution in [0.25, 0.3) is 10.8 Å². The number of carbonyl (C=O) groups excluding carboxylic acids is 2. The van der Waals surface area contributed by atoms with Gasteiger partial charge in [0.1, 0.15) is 0 Å². The zero-order valence-corrected chi connectivity index (χ0v) is 16.9. The summed E-state index contributed by atoms with van der Waals surface area (Å²) in [6, 6.07) is 17.5. The predicted molar refractivity (Wildman–Crippen MR) is 116 cm³/mol. The van der Waals surface area contributed by atoms with Gasteiger partial charge >= 0.3 is 0 Å². The Kier molecular flexibility index (Phi) is 4.80. The van der Waals surface area contributed by atoms with E-state index in [9.17, 15) is 9.59 Å². The Hall–Kier alpha value is -3.45. The molecule has 6 nitrogen and oxygen atoms in total. The molecule has 1 aliphatic heterocycles. The van der Waals surface area contributed by atoms with Crippen molar-refractivity contribution in [3.63, 3.8) is 0 Å². The minimum atomic E-state index is -0.324. The summed E-state index contributed by atoms with van der Waals surface area (Å²) in [5, 5.41) is 5.57. The number of thiazole rings is 1. The third-order valence-electron chi connectivity index (χ3n) is 5.27. The molecule has 0 atom stereocenters. The van der Waals surface area contributed by atoms with E-state index in [0.717, 1.165) is 26.9 Å². The van der Waals surface area contributed by atoms with E-state index >= 15 is 0 Å². The van der Waals surface area contributed by atoms with Crippen molar-refractivity contribution in [3.05, 3.63) is 82.8 Å². The van der Waals surface area contributed by atoms with Crippen molar-refractivity contribution in [2.45, 2.75) is 19.4 Å². The molecule has 0 spiro atoms. The highest BCUT2D eigenvalue weighted by Gasteiger charge is 2.25. The average Bonchev–Trinajstić information content (AvgIpc) is 3.43. The molecule has 0 saturated heterocycles. The maximum atomic E-state index is 13.0. The number of anilines is 1. The number of benzene rings is 2. The number of aromatic nitrogens is 1. The van der Waals surface area contributed by atoms with Gasteiger partial charge in [-0.05, 0) is 28.5 Å². The Morgan fingerprint density at radius 3 is 2.83 bits per heavy atom. The van der Waals surface area contributed by atoms with Gasteiger partial charge in [0, 0.05) is 17.8 Å². The summed E-state index contributed by atoms with van der Waals surface area (Å²) >= 11 is 1.41. The number of hydrogen-bond acceptors (Lipinski definition) is 5. The summed E-state index contributed by atoms with van der Waals surface area (Å²) in [7, 11) is 0. The first-order valence-corrected chi connectivity index (χ1v) is 10.6. The molecule has 2 amide bonds. The highest BCUT2D eigenvalue weighted by atomic mass is 32.1. The lowest BCUT2D eigenvalue weighted by atomic mass is 10.0. The van der Waals surface area contributed by atoms with Crippen molar-refractivity contribution in [2.24, 2.45) is 0 Å². The second-order valence-electron chi connectivity index (χ2n) is 7.20. The molecular weight excluding hydrogens is 398 g/mol. The summed E-state index contributed by atoms with van der Waals surface area (Å²) < 4.78 is 5.12. The predicted octanol–water partition coefficient (Wildman–Crippen LogP) is 4.27. The van der Waals surface area contributed by atoms with Crippen LogP contribution < -0.4 is 5.32 Å². The molecule has 0 unspecified atom stereocenters. The van der Waals surface area contributed by atoms with Gasteiger partial charge in [0.25, 0.3) is 5.91 Å². The third kappa shape index (κ3) is 3.59. The lowest BCUT2D eigenvalue weighted by molar-refractivity contribution is -0.131. The fraction of sp³-hybridized carbons (Fsp3) is 0.174. The van der Waals surface area contributed by atoms with Gasteiger partial charge in [-0.25, -0.2) is 4.98 Å². The van der Waals surface area contributed by atoms with Gasteiger partial charge in [-0.1, -0.05) is 53.8 Å². The van der Waals surface area contributed by atoms with Crippen LogP contribution in [0.4, 0.5) is 5.13 Å². The van der Waals surface area contributed by atoms with Gasteiger partial charge in [0.15, 0.2) is 10.9 Å². The van der Waals surface area contributed by atoms with Gasteiger partial charge in [0.2, 0.25) is 5.91 Å². The van der Waals surface area contributed by atoms with E-state index in [-0.39, 0.29) is 17.6 Å². The number of carbonyl (C=O) groups is 2. The Bertz CT molecular complexity index is 1220. The number of nitrogens with zero attached hydrogens (tertiary/aromatic N) is 2. The monoisotopic (exact) mass is 417 g/mol. The second kappa shape index (κ2) is 7.76. The van der Waals surface area contributed by atoms with Crippen LogP contribution in [-0.4, -0.2) is 28.2 Å². The van der Waals surface area contributed by atoms with E-state index in [1.807, 2.05) is 29.2 Å². The minimum absolute atomic E-state index is 0.103. The molecule has 0 saturated carbocycles. The smallest absolute Gasteiger partial charge is 0.293 e. The Morgan fingerprint density at radius 2 is 1.97 bits per heavy atom. The number of rotatable bonds is 4. The molecule has 0 bridgehead atoms. The highest BCUT2D eigenvalue weighted by molar-refractivity contribution is 7.15. The van der Waals surface area contributed by atoms with Crippen molar-refractivity contribution in [1.82, 2.24) is 9.88 Å². The molecule has 7 heteroatoms. The van der Waals surface area contributed by atoms with Crippen LogP contribution in [0.5, 0.6) is 0 Å². The average molecular weight is 417 g/mol. The molecule has 1 N–H and O–H groups in total. The van der Waals surface area contributed by atoms with Gasteiger partial charge in [-0.2, -0.15) is 0 Å². The van der Waals surface area contributed by atoms with Crippen LogP contribution >= 0.6 is 11.3 Å². The van der Waals surface area contributed by atoms with E-state index in [2.05, 4.69) is 28.5 Å². The minimum Gasteiger partial charge on any atom is -0.459 e. The van der Waals surface area contributed by atoms with E-state index in [4.69, 9.17) is 4.42 Å². The van der Waals surface area contributed by atoms with E-state index in [1.54, 1.807) is 12.1 Å². The van der Waals surface area contributed by atoms with Crippen molar-refractivity contribution < 1.29 is 14.0 Å². The van der Waals surface area contributed by atoms with Crippen LogP contribution in [0, 0.1) is 0 Å². The standard InChI is InChI=1S/C23H19N3O3S/c27-21(13-16-7-3-6-15-5-1-2-8-17(15)16)26-11-10-18-20(14-26)30-23(24-18)25-22(28)19-9-4-12-29-19/h1-9,12H,10-11,13-14H2,(H,24,25,28). The molecule has 1 aliphatic rings. The zero-order valence-electron chi connectivity index (χ0n) is 16.1. The number of fused-ring (bicyclic) bond motifs is 2. The van der Waals surface area contributed by atoms with Crippen LogP contribution in [0.3, 0.4) is 0 Å². The first kappa shape index (κ1) is 18.6. The number of furan rings is 1. The molecule has 3 heterocycles. The number of amides is 2. The summed E-state index contributed by atoms with van der Waals surface area (Å²) in [4.78, 5) is 32.6. The van der Waals surface area contributed by atoms with Gasteiger partial charge in [0.05, 0.1) is 24.9 Å². The van der Waals surface area contributed by atoms with Crippen LogP contribution in [0.1, 0.15) is 26.7 Å². The molecular formula is C23H19N3O3S. The van der Waals surface area contributed by atoms with Gasteiger partial charge in [-0.15, -0.1) is 0 Å². The topological polar surface area (TPSA) is 75.4 Å². The summed E-state index contributed by atoms with van der Waals surface area (Å²) in [5.41, 5.74) is 1.99. The molecule has 4 aromatic rings. The van der Waals surface area contributed by atoms with Crippen LogP contribution in [0.2, 0.25) is 0 Å². The maximum absolute atomic E-state index is 13.0. The van der Waals surface area contributed by atoms with E-state index in [1.165, 1.54) is 17.6 Å². The summed E-state index contributed by atoms with van der Waals surface area (Å²) in [6.07, 6.45) is 2.52. The maximum Gasteiger partial charge on any atom is 0.293 e. The quantitative estimate of drug-likeness (QED) is 0.538. The van der Waals surface area contributed by atoms with E-state index in [0.29, 0.717) is 31.1 Å². The Balaban J connectivity index is 1.29. The summed E-state index contributed by atoms with van der Waals surface area (Å²) in [6.45, 7) is 1.15. The van der Waals surface area contributed by atoms with Crippen molar-refractivity contribution in [2.75, 3.05) is 11.9 Å².